The number of likely N-dealkylation sites (tertiary alicyclic amines) is 1. The van der Waals surface area contributed by atoms with Crippen LogP contribution in [0.4, 0.5) is 0 Å². The van der Waals surface area contributed by atoms with Crippen molar-refractivity contribution < 1.29 is 4.74 Å². The molecule has 0 unspecified atom stereocenters. The molecule has 0 bridgehead atoms. The molecule has 1 rings (SSSR count). The van der Waals surface area contributed by atoms with Crippen LogP contribution in [0, 0.1) is 12.3 Å². The Bertz CT molecular complexity index is 239. The molecule has 0 saturated carbocycles. The highest BCUT2D eigenvalue weighted by atomic mass is 16.5. The van der Waals surface area contributed by atoms with Crippen molar-refractivity contribution in [3.63, 3.8) is 0 Å². The molecule has 18 heavy (non-hydrogen) atoms. The average Bonchev–Trinajstić information content (AvgIpc) is 2.35. The molecule has 1 aliphatic rings. The minimum atomic E-state index is 0.360. The third-order valence-corrected chi connectivity index (χ3v) is 3.36. The smallest absolute Gasteiger partial charge is 0.0598 e. The molecule has 0 aromatic carbocycles. The maximum Gasteiger partial charge on any atom is 0.0598 e. The molecule has 3 heteroatoms. The van der Waals surface area contributed by atoms with Gasteiger partial charge in [-0.05, 0) is 46.1 Å². The predicted octanol–water partition coefficient (Wildman–Crippen LogP) is 1.88. The summed E-state index contributed by atoms with van der Waals surface area (Å²) >= 11 is 0. The maximum absolute atomic E-state index is 5.52. The van der Waals surface area contributed by atoms with Gasteiger partial charge in [0.25, 0.3) is 0 Å². The first-order valence-corrected chi connectivity index (χ1v) is 7.23. The van der Waals surface area contributed by atoms with Gasteiger partial charge in [0.1, 0.15) is 0 Å². The molecule has 0 spiro atoms. The number of unbranched alkanes of at least 4 members (excludes halogenated alkanes) is 1. The van der Waals surface area contributed by atoms with Crippen LogP contribution in [0.2, 0.25) is 0 Å². The fourth-order valence-corrected chi connectivity index (χ4v) is 2.28. The Morgan fingerprint density at radius 1 is 1.33 bits per heavy atom. The lowest BCUT2D eigenvalue weighted by Crippen LogP contribution is -2.42. The minimum absolute atomic E-state index is 0.360. The van der Waals surface area contributed by atoms with Gasteiger partial charge in [0.2, 0.25) is 0 Å². The van der Waals surface area contributed by atoms with Crippen molar-refractivity contribution in [2.24, 2.45) is 0 Å². The molecule has 1 N–H and O–H groups in total. The number of nitrogens with one attached hydrogen (secondary N) is 1. The number of nitrogens with zero attached hydrogens (tertiary/aromatic N) is 1. The summed E-state index contributed by atoms with van der Waals surface area (Å²) in [4.78, 5) is 2.36. The number of ether oxygens (including phenoxy) is 1. The summed E-state index contributed by atoms with van der Waals surface area (Å²) in [5.74, 6) is 2.72. The van der Waals surface area contributed by atoms with E-state index in [0.29, 0.717) is 12.1 Å². The lowest BCUT2D eigenvalue weighted by Gasteiger charge is -2.31. The molecule has 0 atom stereocenters. The van der Waals surface area contributed by atoms with Gasteiger partial charge in [-0.2, -0.15) is 0 Å². The Kier molecular flexibility index (Phi) is 8.08. The maximum atomic E-state index is 5.52. The third kappa shape index (κ3) is 7.00. The van der Waals surface area contributed by atoms with E-state index < -0.39 is 0 Å². The second kappa shape index (κ2) is 9.38. The van der Waals surface area contributed by atoms with Gasteiger partial charge >= 0.3 is 0 Å². The Morgan fingerprint density at radius 3 is 2.67 bits per heavy atom. The molecular weight excluding hydrogens is 224 g/mol. The van der Waals surface area contributed by atoms with Crippen molar-refractivity contribution in [3.05, 3.63) is 0 Å². The molecule has 0 amide bonds. The first-order valence-electron chi connectivity index (χ1n) is 7.23. The van der Waals surface area contributed by atoms with Crippen molar-refractivity contribution in [2.45, 2.75) is 51.7 Å². The van der Waals surface area contributed by atoms with Gasteiger partial charge in [0, 0.05) is 25.7 Å². The van der Waals surface area contributed by atoms with Crippen molar-refractivity contribution >= 4 is 0 Å². The van der Waals surface area contributed by atoms with E-state index in [9.17, 15) is 0 Å². The van der Waals surface area contributed by atoms with Crippen LogP contribution in [0.25, 0.3) is 0 Å². The second-order valence-corrected chi connectivity index (χ2v) is 5.34. The first-order chi connectivity index (χ1) is 8.72. The van der Waals surface area contributed by atoms with Crippen LogP contribution < -0.4 is 5.32 Å². The van der Waals surface area contributed by atoms with E-state index in [1.54, 1.807) is 0 Å². The highest BCUT2D eigenvalue weighted by Gasteiger charge is 2.17. The minimum Gasteiger partial charge on any atom is -0.379 e. The molecule has 1 heterocycles. The van der Waals surface area contributed by atoms with E-state index in [1.165, 1.54) is 19.3 Å². The largest absolute Gasteiger partial charge is 0.379 e. The summed E-state index contributed by atoms with van der Waals surface area (Å²) in [7, 11) is 0. The lowest BCUT2D eigenvalue weighted by molar-refractivity contribution is 0.0758. The van der Waals surface area contributed by atoms with Gasteiger partial charge in [-0.3, -0.25) is 4.90 Å². The highest BCUT2D eigenvalue weighted by molar-refractivity contribution is 4.90. The summed E-state index contributed by atoms with van der Waals surface area (Å²) in [6.07, 6.45) is 10.5. The molecule has 0 aromatic rings. The summed E-state index contributed by atoms with van der Waals surface area (Å²) in [5, 5.41) is 3.64. The molecule has 3 nitrogen and oxygen atoms in total. The molecule has 1 saturated heterocycles. The van der Waals surface area contributed by atoms with Crippen molar-refractivity contribution in [2.75, 3.05) is 32.8 Å². The van der Waals surface area contributed by atoms with Crippen LogP contribution in [-0.2, 0) is 4.74 Å². The number of piperidine rings is 1. The highest BCUT2D eigenvalue weighted by Crippen LogP contribution is 2.09. The normalized spacial score (nSPS) is 18.1. The fourth-order valence-electron chi connectivity index (χ4n) is 2.28. The standard InChI is InChI=1S/C15H28N2O/c1-4-10-17-11-7-15(8-12-17)16-9-5-6-13-18-14(2)3/h1,14-16H,5-13H2,2-3H3. The van der Waals surface area contributed by atoms with Crippen LogP contribution in [0.1, 0.15) is 39.5 Å². The summed E-state index contributed by atoms with van der Waals surface area (Å²) in [6, 6.07) is 0.685. The number of terminal acetylenes is 1. The first kappa shape index (κ1) is 15.5. The van der Waals surface area contributed by atoms with Crippen molar-refractivity contribution in [1.82, 2.24) is 10.2 Å². The van der Waals surface area contributed by atoms with Crippen LogP contribution in [0.15, 0.2) is 0 Å². The molecule has 0 aliphatic carbocycles. The molecule has 0 radical (unpaired) electrons. The van der Waals surface area contributed by atoms with Gasteiger partial charge in [-0.25, -0.2) is 0 Å². The van der Waals surface area contributed by atoms with Crippen molar-refractivity contribution in [3.8, 4) is 12.3 Å². The summed E-state index contributed by atoms with van der Waals surface area (Å²) in [6.45, 7) is 9.25. The van der Waals surface area contributed by atoms with Gasteiger partial charge < -0.3 is 10.1 Å². The van der Waals surface area contributed by atoms with Crippen LogP contribution >= 0.6 is 0 Å². The van der Waals surface area contributed by atoms with E-state index in [0.717, 1.165) is 39.2 Å². The number of hydrogen-bond donors (Lipinski definition) is 1. The molecule has 104 valence electrons. The third-order valence-electron chi connectivity index (χ3n) is 3.36. The zero-order chi connectivity index (χ0) is 13.2. The SMILES string of the molecule is C#CCN1CCC(NCCCCOC(C)C)CC1. The molecular formula is C15H28N2O. The zero-order valence-corrected chi connectivity index (χ0v) is 12.0. The zero-order valence-electron chi connectivity index (χ0n) is 12.0. The Hall–Kier alpha value is -0.560. The Balaban J connectivity index is 1.93. The van der Waals surface area contributed by atoms with Crippen LogP contribution in [0.3, 0.4) is 0 Å². The molecule has 1 fully saturated rings. The van der Waals surface area contributed by atoms with E-state index in [1.807, 2.05) is 0 Å². The predicted molar refractivity (Wildman–Crippen MR) is 76.6 cm³/mol. The molecule has 0 aromatic heterocycles. The van der Waals surface area contributed by atoms with Gasteiger partial charge in [-0.1, -0.05) is 5.92 Å². The Morgan fingerprint density at radius 2 is 2.06 bits per heavy atom. The average molecular weight is 252 g/mol. The van der Waals surface area contributed by atoms with E-state index in [4.69, 9.17) is 11.2 Å². The quantitative estimate of drug-likeness (QED) is 0.527. The van der Waals surface area contributed by atoms with Gasteiger partial charge in [0.05, 0.1) is 12.6 Å². The lowest BCUT2D eigenvalue weighted by atomic mass is 10.0. The van der Waals surface area contributed by atoms with E-state index >= 15 is 0 Å². The monoisotopic (exact) mass is 252 g/mol. The number of rotatable bonds is 8. The topological polar surface area (TPSA) is 24.5 Å². The van der Waals surface area contributed by atoms with Crippen LogP contribution in [0.5, 0.6) is 0 Å². The van der Waals surface area contributed by atoms with Crippen molar-refractivity contribution in [1.29, 1.82) is 0 Å². The van der Waals surface area contributed by atoms with Gasteiger partial charge in [0.15, 0.2) is 0 Å². The van der Waals surface area contributed by atoms with Crippen LogP contribution in [-0.4, -0.2) is 49.8 Å². The second-order valence-electron chi connectivity index (χ2n) is 5.34. The van der Waals surface area contributed by atoms with E-state index in [2.05, 4.69) is 30.0 Å². The summed E-state index contributed by atoms with van der Waals surface area (Å²) < 4.78 is 5.52. The fraction of sp³-hybridized carbons (Fsp3) is 0.867. The molecule has 1 aliphatic heterocycles. The van der Waals surface area contributed by atoms with E-state index in [-0.39, 0.29) is 0 Å². The number of hydrogen-bond acceptors (Lipinski definition) is 3. The Labute approximate surface area is 112 Å². The van der Waals surface area contributed by atoms with Gasteiger partial charge in [-0.15, -0.1) is 6.42 Å². The summed E-state index contributed by atoms with van der Waals surface area (Å²) in [5.41, 5.74) is 0.